The fourth-order valence-electron chi connectivity index (χ4n) is 4.65. The van der Waals surface area contributed by atoms with Crippen LogP contribution in [0.1, 0.15) is 74.0 Å². The van der Waals surface area contributed by atoms with Crippen molar-refractivity contribution in [2.24, 2.45) is 0 Å². The Bertz CT molecular complexity index is 1200. The lowest BCUT2D eigenvalue weighted by molar-refractivity contribution is 0.0508. The fraction of sp³-hybridized carbons (Fsp3) is 0.324. The molecule has 0 amide bonds. The highest BCUT2D eigenvalue weighted by atomic mass is 16.7. The van der Waals surface area contributed by atoms with Crippen molar-refractivity contribution in [2.75, 3.05) is 13.2 Å². The summed E-state index contributed by atoms with van der Waals surface area (Å²) in [6.45, 7) is 5.77. The van der Waals surface area contributed by atoms with Crippen LogP contribution in [0.2, 0.25) is 0 Å². The van der Waals surface area contributed by atoms with E-state index in [0.29, 0.717) is 11.5 Å². The second-order valence-corrected chi connectivity index (χ2v) is 10.4. The molecule has 4 rings (SSSR count). The summed E-state index contributed by atoms with van der Waals surface area (Å²) in [6, 6.07) is 35.5. The Kier molecular flexibility index (Phi) is 12.6. The Morgan fingerprint density at radius 3 is 1.29 bits per heavy atom. The van der Waals surface area contributed by atoms with E-state index in [-0.39, 0.29) is 12.2 Å². The molecular formula is C37H42O5. The standard InChI is InChI=1S/C37H42O5/c1-3-5-25-39-35(31-13-9-7-10-14-31)27-29-17-21-33(22-18-29)41-37(38)42-34-23-19-30(20-24-34)28-36(40-26-6-4-2)32-15-11-8-12-16-32/h7-24,35-36H,3-6,25-28H2,1-2H3. The van der Waals surface area contributed by atoms with Crippen LogP contribution in [0.15, 0.2) is 109 Å². The third-order valence-corrected chi connectivity index (χ3v) is 7.07. The van der Waals surface area contributed by atoms with Gasteiger partial charge in [0.1, 0.15) is 11.5 Å². The minimum Gasteiger partial charge on any atom is -0.395 e. The van der Waals surface area contributed by atoms with Crippen molar-refractivity contribution < 1.29 is 23.7 Å². The summed E-state index contributed by atoms with van der Waals surface area (Å²) >= 11 is 0. The molecule has 0 aromatic heterocycles. The first-order chi connectivity index (χ1) is 20.6. The maximum absolute atomic E-state index is 12.5. The van der Waals surface area contributed by atoms with Crippen LogP contribution < -0.4 is 9.47 Å². The van der Waals surface area contributed by atoms with Gasteiger partial charge in [0, 0.05) is 26.1 Å². The molecule has 0 bridgehead atoms. The van der Waals surface area contributed by atoms with Crippen molar-refractivity contribution in [3.63, 3.8) is 0 Å². The van der Waals surface area contributed by atoms with Gasteiger partial charge in [-0.1, -0.05) is 112 Å². The molecule has 0 aliphatic carbocycles. The van der Waals surface area contributed by atoms with E-state index in [1.165, 1.54) is 0 Å². The van der Waals surface area contributed by atoms with Gasteiger partial charge in [0.05, 0.1) is 12.2 Å². The van der Waals surface area contributed by atoms with E-state index in [0.717, 1.165) is 74.0 Å². The monoisotopic (exact) mass is 566 g/mol. The molecule has 2 unspecified atom stereocenters. The van der Waals surface area contributed by atoms with Crippen LogP contribution in [0.25, 0.3) is 0 Å². The second-order valence-electron chi connectivity index (χ2n) is 10.4. The van der Waals surface area contributed by atoms with E-state index in [9.17, 15) is 4.79 Å². The zero-order valence-corrected chi connectivity index (χ0v) is 24.7. The van der Waals surface area contributed by atoms with Crippen LogP contribution in [0.3, 0.4) is 0 Å². The molecule has 5 heteroatoms. The maximum Gasteiger partial charge on any atom is 0.519 e. The number of carbonyl (C=O) groups excluding carboxylic acids is 1. The maximum atomic E-state index is 12.5. The Hall–Kier alpha value is -3.93. The van der Waals surface area contributed by atoms with Gasteiger partial charge in [-0.15, -0.1) is 0 Å². The van der Waals surface area contributed by atoms with E-state index in [2.05, 4.69) is 38.1 Å². The van der Waals surface area contributed by atoms with Crippen LogP contribution >= 0.6 is 0 Å². The van der Waals surface area contributed by atoms with Crippen LogP contribution in [0, 0.1) is 0 Å². The summed E-state index contributed by atoms with van der Waals surface area (Å²) in [5.74, 6) is 0.858. The van der Waals surface area contributed by atoms with Crippen LogP contribution in [-0.4, -0.2) is 19.4 Å². The Balaban J connectivity index is 1.30. The predicted molar refractivity (Wildman–Crippen MR) is 167 cm³/mol. The lowest BCUT2D eigenvalue weighted by atomic mass is 10.0. The summed E-state index contributed by atoms with van der Waals surface area (Å²) in [5.41, 5.74) is 4.51. The highest BCUT2D eigenvalue weighted by molar-refractivity contribution is 5.67. The van der Waals surface area contributed by atoms with Crippen LogP contribution in [0.5, 0.6) is 11.5 Å². The number of ether oxygens (including phenoxy) is 4. The quantitative estimate of drug-likeness (QED) is 0.0768. The minimum atomic E-state index is -0.773. The zero-order valence-electron chi connectivity index (χ0n) is 24.7. The van der Waals surface area contributed by atoms with Gasteiger partial charge < -0.3 is 18.9 Å². The molecule has 0 saturated heterocycles. The molecule has 220 valence electrons. The summed E-state index contributed by atoms with van der Waals surface area (Å²) in [7, 11) is 0. The van der Waals surface area contributed by atoms with E-state index in [1.54, 1.807) is 24.3 Å². The van der Waals surface area contributed by atoms with Crippen molar-refractivity contribution in [1.82, 2.24) is 0 Å². The highest BCUT2D eigenvalue weighted by Crippen LogP contribution is 2.26. The topological polar surface area (TPSA) is 54.0 Å². The van der Waals surface area contributed by atoms with Crippen LogP contribution in [0.4, 0.5) is 4.79 Å². The summed E-state index contributed by atoms with van der Waals surface area (Å²) in [5, 5.41) is 0. The molecule has 4 aromatic rings. The van der Waals surface area contributed by atoms with Crippen molar-refractivity contribution in [3.8, 4) is 11.5 Å². The smallest absolute Gasteiger partial charge is 0.395 e. The second kappa shape index (κ2) is 17.1. The number of carbonyl (C=O) groups is 1. The van der Waals surface area contributed by atoms with Gasteiger partial charge in [-0.05, 0) is 59.4 Å². The third kappa shape index (κ3) is 10.2. The molecule has 0 heterocycles. The van der Waals surface area contributed by atoms with Crippen molar-refractivity contribution in [1.29, 1.82) is 0 Å². The Morgan fingerprint density at radius 1 is 0.548 bits per heavy atom. The fourth-order valence-corrected chi connectivity index (χ4v) is 4.65. The van der Waals surface area contributed by atoms with Crippen LogP contribution in [-0.2, 0) is 22.3 Å². The molecule has 0 aliphatic rings. The van der Waals surface area contributed by atoms with Gasteiger partial charge in [-0.2, -0.15) is 0 Å². The average molecular weight is 567 g/mol. The van der Waals surface area contributed by atoms with Gasteiger partial charge in [-0.3, -0.25) is 0 Å². The van der Waals surface area contributed by atoms with Gasteiger partial charge in [0.15, 0.2) is 0 Å². The zero-order chi connectivity index (χ0) is 29.4. The van der Waals surface area contributed by atoms with E-state index < -0.39 is 6.16 Å². The van der Waals surface area contributed by atoms with E-state index in [1.807, 2.05) is 60.7 Å². The predicted octanol–water partition coefficient (Wildman–Crippen LogP) is 9.47. The SMILES string of the molecule is CCCCOC(Cc1ccc(OC(=O)Oc2ccc(CC(OCCCC)c3ccccc3)cc2)cc1)c1ccccc1. The summed E-state index contributed by atoms with van der Waals surface area (Å²) in [4.78, 5) is 12.5. The molecular weight excluding hydrogens is 524 g/mol. The number of hydrogen-bond acceptors (Lipinski definition) is 5. The van der Waals surface area contributed by atoms with Gasteiger partial charge >= 0.3 is 6.16 Å². The number of hydrogen-bond donors (Lipinski definition) is 0. The third-order valence-electron chi connectivity index (χ3n) is 7.07. The first-order valence-corrected chi connectivity index (χ1v) is 15.0. The molecule has 5 nitrogen and oxygen atoms in total. The van der Waals surface area contributed by atoms with Gasteiger partial charge in [0.25, 0.3) is 0 Å². The number of benzene rings is 4. The number of rotatable bonds is 16. The molecule has 2 atom stereocenters. The molecule has 0 radical (unpaired) electrons. The summed E-state index contributed by atoms with van der Waals surface area (Å²) in [6.07, 6.45) is 4.90. The van der Waals surface area contributed by atoms with Gasteiger partial charge in [0.2, 0.25) is 0 Å². The molecule has 0 aliphatic heterocycles. The Labute approximate surface area is 250 Å². The molecule has 0 N–H and O–H groups in total. The first kappa shape index (κ1) is 31.0. The Morgan fingerprint density at radius 2 is 0.929 bits per heavy atom. The molecule has 0 saturated carbocycles. The molecule has 4 aromatic carbocycles. The molecule has 0 fully saturated rings. The van der Waals surface area contributed by atoms with Gasteiger partial charge in [-0.25, -0.2) is 4.79 Å². The van der Waals surface area contributed by atoms with Crippen molar-refractivity contribution in [2.45, 2.75) is 64.6 Å². The lowest BCUT2D eigenvalue weighted by Gasteiger charge is -2.19. The normalized spacial score (nSPS) is 12.4. The molecule has 42 heavy (non-hydrogen) atoms. The summed E-state index contributed by atoms with van der Waals surface area (Å²) < 4.78 is 23.3. The average Bonchev–Trinajstić information content (AvgIpc) is 3.03. The highest BCUT2D eigenvalue weighted by Gasteiger charge is 2.15. The minimum absolute atomic E-state index is 0.0247. The van der Waals surface area contributed by atoms with E-state index in [4.69, 9.17) is 18.9 Å². The largest absolute Gasteiger partial charge is 0.519 e. The molecule has 0 spiro atoms. The van der Waals surface area contributed by atoms with E-state index >= 15 is 0 Å². The van der Waals surface area contributed by atoms with Crippen molar-refractivity contribution >= 4 is 6.16 Å². The van der Waals surface area contributed by atoms with Crippen molar-refractivity contribution in [3.05, 3.63) is 131 Å². The lowest BCUT2D eigenvalue weighted by Crippen LogP contribution is -2.14. The first-order valence-electron chi connectivity index (χ1n) is 15.0. The number of unbranched alkanes of at least 4 members (excludes halogenated alkanes) is 2.